The summed E-state index contributed by atoms with van der Waals surface area (Å²) in [5.74, 6) is -3.05. The Bertz CT molecular complexity index is 990. The molecule has 0 radical (unpaired) electrons. The number of nitrogens with zero attached hydrogens (tertiary/aromatic N) is 1. The fraction of sp³-hybridized carbons (Fsp3) is 0.125. The van der Waals surface area contributed by atoms with Crippen LogP contribution in [0.5, 0.6) is 0 Å². The SMILES string of the molecule is O=C(N[C@@H]1C=CS(=O)(=O)C1)c1ccc(-c2ccc(F)c(F)c2)c[n+]1[O-]. The van der Waals surface area contributed by atoms with Gasteiger partial charge in [-0.25, -0.2) is 17.2 Å². The van der Waals surface area contributed by atoms with Gasteiger partial charge in [0.05, 0.1) is 11.8 Å². The molecule has 1 aromatic heterocycles. The molecule has 6 nitrogen and oxygen atoms in total. The van der Waals surface area contributed by atoms with Crippen LogP contribution in [0.2, 0.25) is 0 Å². The average Bonchev–Trinajstić information content (AvgIpc) is 2.88. The number of carbonyl (C=O) groups excluding carboxylic acids is 1. The first-order chi connectivity index (χ1) is 11.7. The van der Waals surface area contributed by atoms with Gasteiger partial charge < -0.3 is 10.5 Å². The summed E-state index contributed by atoms with van der Waals surface area (Å²) in [5, 5.41) is 15.5. The lowest BCUT2D eigenvalue weighted by Crippen LogP contribution is -2.43. The van der Waals surface area contributed by atoms with Crippen molar-refractivity contribution in [3.05, 3.63) is 70.5 Å². The highest BCUT2D eigenvalue weighted by atomic mass is 32.2. The largest absolute Gasteiger partial charge is 0.618 e. The molecule has 0 bridgehead atoms. The molecule has 1 amide bonds. The van der Waals surface area contributed by atoms with E-state index in [-0.39, 0.29) is 17.0 Å². The van der Waals surface area contributed by atoms with E-state index < -0.39 is 33.4 Å². The summed E-state index contributed by atoms with van der Waals surface area (Å²) < 4.78 is 49.2. The molecule has 2 heterocycles. The number of sulfone groups is 1. The quantitative estimate of drug-likeness (QED) is 0.655. The van der Waals surface area contributed by atoms with Crippen LogP contribution in [-0.4, -0.2) is 26.1 Å². The van der Waals surface area contributed by atoms with Crippen molar-refractivity contribution in [1.82, 2.24) is 5.32 Å². The van der Waals surface area contributed by atoms with E-state index in [1.54, 1.807) is 0 Å². The van der Waals surface area contributed by atoms with Gasteiger partial charge in [0.25, 0.3) is 5.69 Å². The molecule has 25 heavy (non-hydrogen) atoms. The van der Waals surface area contributed by atoms with E-state index in [0.717, 1.165) is 23.7 Å². The Labute approximate surface area is 141 Å². The van der Waals surface area contributed by atoms with E-state index in [2.05, 4.69) is 5.32 Å². The second kappa shape index (κ2) is 6.25. The predicted octanol–water partition coefficient (Wildman–Crippen LogP) is 1.31. The molecule has 130 valence electrons. The van der Waals surface area contributed by atoms with Crippen LogP contribution in [-0.2, 0) is 9.84 Å². The molecule has 1 aromatic carbocycles. The third-order valence-corrected chi connectivity index (χ3v) is 5.04. The lowest BCUT2D eigenvalue weighted by molar-refractivity contribution is -0.607. The van der Waals surface area contributed by atoms with Gasteiger partial charge in [-0.1, -0.05) is 6.07 Å². The topological polar surface area (TPSA) is 90.2 Å². The number of aromatic nitrogens is 1. The summed E-state index contributed by atoms with van der Waals surface area (Å²) in [6.45, 7) is 0. The van der Waals surface area contributed by atoms with Crippen molar-refractivity contribution in [1.29, 1.82) is 0 Å². The summed E-state index contributed by atoms with van der Waals surface area (Å²) in [7, 11) is -3.33. The molecule has 0 spiro atoms. The molecular formula is C16H12F2N2O4S. The minimum Gasteiger partial charge on any atom is -0.618 e. The lowest BCUT2D eigenvalue weighted by Gasteiger charge is -2.10. The first-order valence-electron chi connectivity index (χ1n) is 7.16. The maximum Gasteiger partial charge on any atom is 0.317 e. The highest BCUT2D eigenvalue weighted by molar-refractivity contribution is 7.94. The second-order valence-corrected chi connectivity index (χ2v) is 7.43. The summed E-state index contributed by atoms with van der Waals surface area (Å²) in [6, 6.07) is 5.13. The van der Waals surface area contributed by atoms with Crippen LogP contribution in [0, 0.1) is 16.8 Å². The van der Waals surface area contributed by atoms with Crippen molar-refractivity contribution >= 4 is 15.7 Å². The molecule has 3 rings (SSSR count). The van der Waals surface area contributed by atoms with Crippen LogP contribution in [0.25, 0.3) is 11.1 Å². The summed E-state index contributed by atoms with van der Waals surface area (Å²) >= 11 is 0. The van der Waals surface area contributed by atoms with Crippen LogP contribution in [0.15, 0.2) is 48.0 Å². The summed E-state index contributed by atoms with van der Waals surface area (Å²) in [4.78, 5) is 12.1. The number of pyridine rings is 1. The zero-order chi connectivity index (χ0) is 18.2. The van der Waals surface area contributed by atoms with Crippen LogP contribution in [0.3, 0.4) is 0 Å². The van der Waals surface area contributed by atoms with E-state index in [1.807, 2.05) is 0 Å². The van der Waals surface area contributed by atoms with Crippen molar-refractivity contribution in [3.8, 4) is 11.1 Å². The fourth-order valence-corrected chi connectivity index (χ4v) is 3.65. The maximum atomic E-state index is 13.3. The molecule has 1 atom stereocenters. The first kappa shape index (κ1) is 17.0. The predicted molar refractivity (Wildman–Crippen MR) is 84.9 cm³/mol. The number of amides is 1. The van der Waals surface area contributed by atoms with E-state index in [0.29, 0.717) is 10.3 Å². The van der Waals surface area contributed by atoms with Crippen molar-refractivity contribution in [2.24, 2.45) is 0 Å². The molecule has 1 aliphatic heterocycles. The molecule has 2 aromatic rings. The molecule has 9 heteroatoms. The second-order valence-electron chi connectivity index (χ2n) is 5.50. The van der Waals surface area contributed by atoms with Gasteiger partial charge in [0.15, 0.2) is 27.7 Å². The highest BCUT2D eigenvalue weighted by Gasteiger charge is 2.26. The average molecular weight is 366 g/mol. The van der Waals surface area contributed by atoms with Gasteiger partial charge in [0, 0.05) is 17.0 Å². The van der Waals surface area contributed by atoms with Gasteiger partial charge in [-0.3, -0.25) is 4.79 Å². The van der Waals surface area contributed by atoms with Crippen molar-refractivity contribution in [2.45, 2.75) is 6.04 Å². The lowest BCUT2D eigenvalue weighted by atomic mass is 10.1. The van der Waals surface area contributed by atoms with E-state index >= 15 is 0 Å². The Morgan fingerprint density at radius 2 is 1.88 bits per heavy atom. The van der Waals surface area contributed by atoms with E-state index in [4.69, 9.17) is 0 Å². The molecular weight excluding hydrogens is 354 g/mol. The maximum absolute atomic E-state index is 13.3. The molecule has 0 aliphatic carbocycles. The van der Waals surface area contributed by atoms with E-state index in [9.17, 15) is 27.2 Å². The Morgan fingerprint density at radius 1 is 1.16 bits per heavy atom. The number of carbonyl (C=O) groups is 1. The van der Waals surface area contributed by atoms with Gasteiger partial charge in [-0.15, -0.1) is 0 Å². The van der Waals surface area contributed by atoms with Crippen LogP contribution in [0.4, 0.5) is 8.78 Å². The van der Waals surface area contributed by atoms with E-state index in [1.165, 1.54) is 24.3 Å². The van der Waals surface area contributed by atoms with Gasteiger partial charge in [0.2, 0.25) is 0 Å². The molecule has 1 aliphatic rings. The van der Waals surface area contributed by atoms with Gasteiger partial charge in [0.1, 0.15) is 0 Å². The number of hydrogen-bond donors (Lipinski definition) is 1. The van der Waals surface area contributed by atoms with Crippen LogP contribution >= 0.6 is 0 Å². The molecule has 0 fully saturated rings. The zero-order valence-corrected chi connectivity index (χ0v) is 13.5. The monoisotopic (exact) mass is 366 g/mol. The Balaban J connectivity index is 1.81. The van der Waals surface area contributed by atoms with Crippen LogP contribution in [0.1, 0.15) is 10.5 Å². The fourth-order valence-electron chi connectivity index (χ4n) is 2.41. The van der Waals surface area contributed by atoms with Crippen LogP contribution < -0.4 is 10.0 Å². The smallest absolute Gasteiger partial charge is 0.317 e. The Morgan fingerprint density at radius 3 is 2.48 bits per heavy atom. The normalized spacial score (nSPS) is 18.2. The Kier molecular flexibility index (Phi) is 4.25. The standard InChI is InChI=1S/C16H12F2N2O4S/c17-13-3-1-10(7-14(13)18)11-2-4-15(20(22)8-11)16(21)19-12-5-6-25(23,24)9-12/h1-8,12H,9H2,(H,19,21)/t12-/m1/s1. The van der Waals surface area contributed by atoms with Gasteiger partial charge in [-0.05, 0) is 29.8 Å². The molecule has 1 N–H and O–H groups in total. The van der Waals surface area contributed by atoms with Gasteiger partial charge >= 0.3 is 5.91 Å². The number of hydrogen-bond acceptors (Lipinski definition) is 4. The number of benzene rings is 1. The van der Waals surface area contributed by atoms with Crippen molar-refractivity contribution in [3.63, 3.8) is 0 Å². The highest BCUT2D eigenvalue weighted by Crippen LogP contribution is 2.20. The Hall–Kier alpha value is -2.81. The summed E-state index contributed by atoms with van der Waals surface area (Å²) in [5.41, 5.74) is 0.332. The summed E-state index contributed by atoms with van der Waals surface area (Å²) in [6.07, 6.45) is 2.39. The molecule has 0 unspecified atom stereocenters. The molecule has 0 saturated heterocycles. The third-order valence-electron chi connectivity index (χ3n) is 3.65. The zero-order valence-electron chi connectivity index (χ0n) is 12.6. The minimum atomic E-state index is -3.33. The van der Waals surface area contributed by atoms with Gasteiger partial charge in [-0.2, -0.15) is 4.73 Å². The first-order valence-corrected chi connectivity index (χ1v) is 8.87. The molecule has 0 saturated carbocycles. The number of halogens is 2. The number of nitrogens with one attached hydrogen (secondary N) is 1. The number of rotatable bonds is 3. The third kappa shape index (κ3) is 3.66. The van der Waals surface area contributed by atoms with Crippen molar-refractivity contribution in [2.75, 3.05) is 5.75 Å². The minimum absolute atomic E-state index is 0.246. The van der Waals surface area contributed by atoms with Crippen molar-refractivity contribution < 1.29 is 26.7 Å².